The van der Waals surface area contributed by atoms with Gasteiger partial charge in [0.2, 0.25) is 5.91 Å². The highest BCUT2D eigenvalue weighted by molar-refractivity contribution is 5.78. The molecule has 0 aliphatic heterocycles. The molecule has 0 saturated heterocycles. The Balaban J connectivity index is 1.55. The molecule has 1 aromatic rings. The number of hydrogen-bond acceptors (Lipinski definition) is 2. The standard InChI is InChI=1S/C19H28N2O/c1-3-21(4-2)19(22)13-14-6-9-17(10-7-14)20-18-12-15-5-8-16(18)11-15/h6-7,9-10,15-16,18,20H,3-5,8,11-13H2,1-2H3/t15-,16-,18+/m0/s1. The van der Waals surface area contributed by atoms with Gasteiger partial charge in [-0.1, -0.05) is 18.6 Å². The van der Waals surface area contributed by atoms with Crippen molar-refractivity contribution in [1.82, 2.24) is 4.90 Å². The molecule has 0 aromatic heterocycles. The van der Waals surface area contributed by atoms with Crippen LogP contribution in [0.4, 0.5) is 5.69 Å². The van der Waals surface area contributed by atoms with E-state index in [1.807, 2.05) is 18.7 Å². The third-order valence-electron chi connectivity index (χ3n) is 5.52. The third-order valence-corrected chi connectivity index (χ3v) is 5.52. The maximum Gasteiger partial charge on any atom is 0.226 e. The van der Waals surface area contributed by atoms with Crippen LogP contribution >= 0.6 is 0 Å². The van der Waals surface area contributed by atoms with E-state index in [0.717, 1.165) is 30.5 Å². The zero-order valence-electron chi connectivity index (χ0n) is 13.8. The quantitative estimate of drug-likeness (QED) is 0.869. The smallest absolute Gasteiger partial charge is 0.226 e. The van der Waals surface area contributed by atoms with Gasteiger partial charge < -0.3 is 10.2 Å². The second kappa shape index (κ2) is 6.72. The van der Waals surface area contributed by atoms with Crippen LogP contribution in [0, 0.1) is 11.8 Å². The second-order valence-electron chi connectivity index (χ2n) is 6.87. The van der Waals surface area contributed by atoms with Crippen molar-refractivity contribution in [3.05, 3.63) is 29.8 Å². The number of nitrogens with one attached hydrogen (secondary N) is 1. The normalized spacial score (nSPS) is 26.2. The summed E-state index contributed by atoms with van der Waals surface area (Å²) in [6, 6.07) is 9.13. The van der Waals surface area contributed by atoms with Gasteiger partial charge in [0.25, 0.3) is 0 Å². The first kappa shape index (κ1) is 15.4. The van der Waals surface area contributed by atoms with Crippen molar-refractivity contribution in [2.24, 2.45) is 11.8 Å². The Morgan fingerprint density at radius 1 is 1.14 bits per heavy atom. The molecule has 1 amide bonds. The van der Waals surface area contributed by atoms with Crippen LogP contribution in [0.3, 0.4) is 0 Å². The van der Waals surface area contributed by atoms with E-state index >= 15 is 0 Å². The number of hydrogen-bond donors (Lipinski definition) is 1. The van der Waals surface area contributed by atoms with Gasteiger partial charge in [-0.2, -0.15) is 0 Å². The number of carbonyl (C=O) groups excluding carboxylic acids is 1. The Hall–Kier alpha value is -1.51. The largest absolute Gasteiger partial charge is 0.382 e. The number of carbonyl (C=O) groups is 1. The van der Waals surface area contributed by atoms with Crippen molar-refractivity contribution < 1.29 is 4.79 Å². The topological polar surface area (TPSA) is 32.3 Å². The van der Waals surface area contributed by atoms with E-state index in [1.165, 1.54) is 31.4 Å². The molecule has 2 aliphatic rings. The van der Waals surface area contributed by atoms with Crippen molar-refractivity contribution in [2.75, 3.05) is 18.4 Å². The minimum Gasteiger partial charge on any atom is -0.382 e. The van der Waals surface area contributed by atoms with Crippen molar-refractivity contribution >= 4 is 11.6 Å². The van der Waals surface area contributed by atoms with Gasteiger partial charge in [0.15, 0.2) is 0 Å². The lowest BCUT2D eigenvalue weighted by atomic mass is 9.95. The van der Waals surface area contributed by atoms with E-state index in [0.29, 0.717) is 12.5 Å². The average molecular weight is 300 g/mol. The van der Waals surface area contributed by atoms with Crippen LogP contribution < -0.4 is 5.32 Å². The summed E-state index contributed by atoms with van der Waals surface area (Å²) in [5, 5.41) is 3.70. The Kier molecular flexibility index (Phi) is 4.70. The molecule has 0 heterocycles. The van der Waals surface area contributed by atoms with E-state index in [-0.39, 0.29) is 5.91 Å². The van der Waals surface area contributed by atoms with Crippen LogP contribution in [0.5, 0.6) is 0 Å². The van der Waals surface area contributed by atoms with Gasteiger partial charge in [-0.3, -0.25) is 4.79 Å². The summed E-state index contributed by atoms with van der Waals surface area (Å²) in [6.45, 7) is 5.64. The molecule has 2 saturated carbocycles. The van der Waals surface area contributed by atoms with Gasteiger partial charge in [-0.05, 0) is 62.6 Å². The molecule has 1 N–H and O–H groups in total. The number of nitrogens with zero attached hydrogens (tertiary/aromatic N) is 1. The summed E-state index contributed by atoms with van der Waals surface area (Å²) in [5.74, 6) is 2.07. The predicted octanol–water partition coefficient (Wildman–Crippen LogP) is 3.70. The molecule has 0 spiro atoms. The Bertz CT molecular complexity index is 507. The number of rotatable bonds is 6. The number of amides is 1. The Morgan fingerprint density at radius 3 is 2.41 bits per heavy atom. The fourth-order valence-electron chi connectivity index (χ4n) is 4.22. The zero-order valence-corrected chi connectivity index (χ0v) is 13.8. The molecule has 3 atom stereocenters. The molecule has 1 aromatic carbocycles. The average Bonchev–Trinajstić information content (AvgIpc) is 3.13. The van der Waals surface area contributed by atoms with Gasteiger partial charge >= 0.3 is 0 Å². The van der Waals surface area contributed by atoms with Gasteiger partial charge in [-0.15, -0.1) is 0 Å². The number of fused-ring (bicyclic) bond motifs is 2. The first-order valence-corrected chi connectivity index (χ1v) is 8.82. The van der Waals surface area contributed by atoms with Gasteiger partial charge in [-0.25, -0.2) is 0 Å². The fourth-order valence-corrected chi connectivity index (χ4v) is 4.22. The van der Waals surface area contributed by atoms with Crippen molar-refractivity contribution in [1.29, 1.82) is 0 Å². The molecule has 120 valence electrons. The van der Waals surface area contributed by atoms with Gasteiger partial charge in [0, 0.05) is 24.8 Å². The van der Waals surface area contributed by atoms with E-state index in [4.69, 9.17) is 0 Å². The highest BCUT2D eigenvalue weighted by atomic mass is 16.2. The maximum atomic E-state index is 12.1. The molecule has 2 bridgehead atoms. The van der Waals surface area contributed by atoms with E-state index < -0.39 is 0 Å². The monoisotopic (exact) mass is 300 g/mol. The summed E-state index contributed by atoms with van der Waals surface area (Å²) in [5.41, 5.74) is 2.31. The van der Waals surface area contributed by atoms with E-state index in [2.05, 4.69) is 29.6 Å². The third kappa shape index (κ3) is 3.29. The molecular weight excluding hydrogens is 272 g/mol. The minimum absolute atomic E-state index is 0.221. The van der Waals surface area contributed by atoms with Crippen LogP contribution in [0.25, 0.3) is 0 Å². The first-order valence-electron chi connectivity index (χ1n) is 8.82. The molecule has 2 aliphatic carbocycles. The summed E-state index contributed by atoms with van der Waals surface area (Å²) in [7, 11) is 0. The lowest BCUT2D eigenvalue weighted by Gasteiger charge is -2.24. The lowest BCUT2D eigenvalue weighted by Crippen LogP contribution is -2.31. The van der Waals surface area contributed by atoms with Crippen LogP contribution in [0.2, 0.25) is 0 Å². The van der Waals surface area contributed by atoms with Crippen LogP contribution in [-0.2, 0) is 11.2 Å². The summed E-state index contributed by atoms with van der Waals surface area (Å²) in [6.07, 6.45) is 6.12. The van der Waals surface area contributed by atoms with Gasteiger partial charge in [0.1, 0.15) is 0 Å². The molecule has 0 radical (unpaired) electrons. The summed E-state index contributed by atoms with van der Waals surface area (Å²) >= 11 is 0. The van der Waals surface area contributed by atoms with Gasteiger partial charge in [0.05, 0.1) is 6.42 Å². The van der Waals surface area contributed by atoms with E-state index in [9.17, 15) is 4.79 Å². The number of benzene rings is 1. The predicted molar refractivity (Wildman–Crippen MR) is 90.9 cm³/mol. The molecule has 2 fully saturated rings. The molecule has 3 heteroatoms. The summed E-state index contributed by atoms with van der Waals surface area (Å²) in [4.78, 5) is 14.0. The Morgan fingerprint density at radius 2 is 1.86 bits per heavy atom. The molecule has 3 rings (SSSR count). The van der Waals surface area contributed by atoms with Crippen molar-refractivity contribution in [2.45, 2.75) is 52.0 Å². The van der Waals surface area contributed by atoms with Crippen molar-refractivity contribution in [3.8, 4) is 0 Å². The number of anilines is 1. The summed E-state index contributed by atoms with van der Waals surface area (Å²) < 4.78 is 0. The maximum absolute atomic E-state index is 12.1. The Labute approximate surface area is 134 Å². The minimum atomic E-state index is 0.221. The zero-order chi connectivity index (χ0) is 15.5. The van der Waals surface area contributed by atoms with Crippen LogP contribution in [-0.4, -0.2) is 29.9 Å². The lowest BCUT2D eigenvalue weighted by molar-refractivity contribution is -0.130. The second-order valence-corrected chi connectivity index (χ2v) is 6.87. The SMILES string of the molecule is CCN(CC)C(=O)Cc1ccc(N[C@@H]2C[C@H]3CC[C@H]2C3)cc1. The highest BCUT2D eigenvalue weighted by Gasteiger charge is 2.39. The molecule has 22 heavy (non-hydrogen) atoms. The number of likely N-dealkylation sites (N-methyl/N-ethyl adjacent to an activating group) is 1. The highest BCUT2D eigenvalue weighted by Crippen LogP contribution is 2.45. The van der Waals surface area contributed by atoms with E-state index in [1.54, 1.807) is 0 Å². The molecule has 3 nitrogen and oxygen atoms in total. The first-order chi connectivity index (χ1) is 10.7. The van der Waals surface area contributed by atoms with Crippen LogP contribution in [0.15, 0.2) is 24.3 Å². The van der Waals surface area contributed by atoms with Crippen molar-refractivity contribution in [3.63, 3.8) is 0 Å². The molecular formula is C19H28N2O. The van der Waals surface area contributed by atoms with Crippen LogP contribution in [0.1, 0.15) is 45.1 Å². The fraction of sp³-hybridized carbons (Fsp3) is 0.632. The molecule has 0 unspecified atom stereocenters.